The number of piperidine rings is 1. The molecule has 3 aliphatic rings. The van der Waals surface area contributed by atoms with E-state index in [1.807, 2.05) is 0 Å². The molecular formula is C18H33NO. The van der Waals surface area contributed by atoms with Gasteiger partial charge in [-0.1, -0.05) is 39.0 Å². The lowest BCUT2D eigenvalue weighted by Gasteiger charge is -2.61. The normalized spacial score (nSPS) is 38.7. The predicted molar refractivity (Wildman–Crippen MR) is 83.9 cm³/mol. The van der Waals surface area contributed by atoms with Crippen molar-refractivity contribution in [2.75, 3.05) is 19.8 Å². The maximum atomic E-state index is 5.73. The van der Waals surface area contributed by atoms with Gasteiger partial charge in [-0.3, -0.25) is 4.90 Å². The van der Waals surface area contributed by atoms with Crippen LogP contribution in [0.3, 0.4) is 0 Å². The van der Waals surface area contributed by atoms with Gasteiger partial charge in [-0.25, -0.2) is 0 Å². The number of hydrogen-bond donors (Lipinski definition) is 0. The van der Waals surface area contributed by atoms with E-state index >= 15 is 0 Å². The number of likely N-dealkylation sites (tertiary alicyclic amines) is 1. The summed E-state index contributed by atoms with van der Waals surface area (Å²) in [6.07, 6.45) is 10.2. The van der Waals surface area contributed by atoms with Crippen LogP contribution < -0.4 is 0 Å². The molecule has 0 aromatic heterocycles. The Labute approximate surface area is 125 Å². The molecule has 1 aliphatic carbocycles. The van der Waals surface area contributed by atoms with Gasteiger partial charge in [-0.15, -0.1) is 0 Å². The van der Waals surface area contributed by atoms with E-state index in [1.54, 1.807) is 0 Å². The lowest BCUT2D eigenvalue weighted by molar-refractivity contribution is -0.208. The molecule has 20 heavy (non-hydrogen) atoms. The van der Waals surface area contributed by atoms with Crippen molar-refractivity contribution in [2.24, 2.45) is 17.8 Å². The molecule has 3 unspecified atom stereocenters. The molecule has 2 heterocycles. The standard InChI is InChI=1S/C18H33NO/c1-14(2)19-11-10-16-7-5-4-6-15(3)8-9-17(16)18(19)12-20-13-18/h14-17H,4-13H2,1-3H3. The second-order valence-electron chi connectivity index (χ2n) is 8.01. The van der Waals surface area contributed by atoms with Crippen LogP contribution in [0.25, 0.3) is 0 Å². The third-order valence-corrected chi connectivity index (χ3v) is 6.39. The minimum atomic E-state index is 0.404. The fraction of sp³-hybridized carbons (Fsp3) is 1.00. The van der Waals surface area contributed by atoms with Gasteiger partial charge in [0, 0.05) is 6.04 Å². The van der Waals surface area contributed by atoms with Gasteiger partial charge in [0.15, 0.2) is 0 Å². The molecule has 3 fully saturated rings. The first-order valence-electron chi connectivity index (χ1n) is 8.98. The van der Waals surface area contributed by atoms with Gasteiger partial charge in [0.05, 0.1) is 18.8 Å². The zero-order chi connectivity index (χ0) is 14.2. The van der Waals surface area contributed by atoms with E-state index in [0.717, 1.165) is 31.0 Å². The summed E-state index contributed by atoms with van der Waals surface area (Å²) in [6.45, 7) is 10.5. The molecule has 0 radical (unpaired) electrons. The molecule has 2 heteroatoms. The van der Waals surface area contributed by atoms with Crippen molar-refractivity contribution in [3.8, 4) is 0 Å². The molecule has 0 amide bonds. The van der Waals surface area contributed by atoms with Gasteiger partial charge in [0.1, 0.15) is 0 Å². The summed E-state index contributed by atoms with van der Waals surface area (Å²) in [5, 5.41) is 0. The Morgan fingerprint density at radius 1 is 1.00 bits per heavy atom. The van der Waals surface area contributed by atoms with Crippen LogP contribution >= 0.6 is 0 Å². The number of fused-ring (bicyclic) bond motifs is 2. The summed E-state index contributed by atoms with van der Waals surface area (Å²) < 4.78 is 5.73. The Morgan fingerprint density at radius 3 is 2.40 bits per heavy atom. The number of nitrogens with zero attached hydrogens (tertiary/aromatic N) is 1. The monoisotopic (exact) mass is 279 g/mol. The van der Waals surface area contributed by atoms with E-state index in [4.69, 9.17) is 4.74 Å². The molecule has 2 saturated heterocycles. The topological polar surface area (TPSA) is 12.5 Å². The summed E-state index contributed by atoms with van der Waals surface area (Å²) >= 11 is 0. The highest BCUT2D eigenvalue weighted by atomic mass is 16.5. The molecular weight excluding hydrogens is 246 g/mol. The highest BCUT2D eigenvalue weighted by molar-refractivity contribution is 5.07. The van der Waals surface area contributed by atoms with Gasteiger partial charge < -0.3 is 4.74 Å². The van der Waals surface area contributed by atoms with Crippen molar-refractivity contribution in [1.29, 1.82) is 0 Å². The fourth-order valence-electron chi connectivity index (χ4n) is 5.20. The molecule has 2 aliphatic heterocycles. The first-order valence-corrected chi connectivity index (χ1v) is 8.98. The zero-order valence-corrected chi connectivity index (χ0v) is 13.7. The minimum absolute atomic E-state index is 0.404. The predicted octanol–water partition coefficient (Wildman–Crippen LogP) is 4.09. The van der Waals surface area contributed by atoms with E-state index in [2.05, 4.69) is 25.7 Å². The van der Waals surface area contributed by atoms with Crippen molar-refractivity contribution in [3.05, 3.63) is 0 Å². The molecule has 0 N–H and O–H groups in total. The quantitative estimate of drug-likeness (QED) is 0.717. The van der Waals surface area contributed by atoms with E-state index in [-0.39, 0.29) is 0 Å². The summed E-state index contributed by atoms with van der Waals surface area (Å²) in [5.41, 5.74) is 0.404. The highest BCUT2D eigenvalue weighted by Crippen LogP contribution is 2.48. The Hall–Kier alpha value is -0.0800. The highest BCUT2D eigenvalue weighted by Gasteiger charge is 2.55. The van der Waals surface area contributed by atoms with Gasteiger partial charge in [0.2, 0.25) is 0 Å². The molecule has 0 bridgehead atoms. The Kier molecular flexibility index (Phi) is 4.42. The van der Waals surface area contributed by atoms with Gasteiger partial charge >= 0.3 is 0 Å². The average molecular weight is 279 g/mol. The van der Waals surface area contributed by atoms with Crippen LogP contribution in [-0.2, 0) is 4.74 Å². The molecule has 0 aromatic rings. The van der Waals surface area contributed by atoms with Crippen molar-refractivity contribution >= 4 is 0 Å². The first-order chi connectivity index (χ1) is 9.63. The van der Waals surface area contributed by atoms with Gasteiger partial charge in [0.25, 0.3) is 0 Å². The number of ether oxygens (including phenoxy) is 1. The molecule has 3 atom stereocenters. The Balaban J connectivity index is 1.81. The second-order valence-corrected chi connectivity index (χ2v) is 8.01. The minimum Gasteiger partial charge on any atom is -0.377 e. The first kappa shape index (κ1) is 14.8. The number of hydrogen-bond acceptors (Lipinski definition) is 2. The molecule has 3 rings (SSSR count). The van der Waals surface area contributed by atoms with Crippen LogP contribution in [0.2, 0.25) is 0 Å². The molecule has 1 spiro atoms. The van der Waals surface area contributed by atoms with Gasteiger partial charge in [-0.2, -0.15) is 0 Å². The zero-order valence-electron chi connectivity index (χ0n) is 13.7. The van der Waals surface area contributed by atoms with E-state index in [0.29, 0.717) is 11.6 Å². The van der Waals surface area contributed by atoms with Crippen molar-refractivity contribution < 1.29 is 4.74 Å². The van der Waals surface area contributed by atoms with Crippen molar-refractivity contribution in [3.63, 3.8) is 0 Å². The smallest absolute Gasteiger partial charge is 0.0711 e. The molecule has 2 nitrogen and oxygen atoms in total. The summed E-state index contributed by atoms with van der Waals surface area (Å²) in [7, 11) is 0. The van der Waals surface area contributed by atoms with Crippen LogP contribution in [-0.4, -0.2) is 36.2 Å². The van der Waals surface area contributed by atoms with E-state index in [1.165, 1.54) is 51.5 Å². The Bertz CT molecular complexity index is 323. The fourth-order valence-corrected chi connectivity index (χ4v) is 5.20. The maximum Gasteiger partial charge on any atom is 0.0711 e. The van der Waals surface area contributed by atoms with Crippen LogP contribution in [0.1, 0.15) is 65.7 Å². The lowest BCUT2D eigenvalue weighted by atomic mass is 9.65. The maximum absolute atomic E-state index is 5.73. The second kappa shape index (κ2) is 5.96. The molecule has 116 valence electrons. The van der Waals surface area contributed by atoms with E-state index < -0.39 is 0 Å². The third kappa shape index (κ3) is 2.54. The van der Waals surface area contributed by atoms with Crippen molar-refractivity contribution in [2.45, 2.75) is 77.3 Å². The Morgan fingerprint density at radius 2 is 1.75 bits per heavy atom. The summed E-state index contributed by atoms with van der Waals surface area (Å²) in [6, 6.07) is 0.671. The largest absolute Gasteiger partial charge is 0.377 e. The van der Waals surface area contributed by atoms with Crippen LogP contribution in [0.15, 0.2) is 0 Å². The number of rotatable bonds is 1. The van der Waals surface area contributed by atoms with Gasteiger partial charge in [-0.05, 0) is 51.0 Å². The van der Waals surface area contributed by atoms with E-state index in [9.17, 15) is 0 Å². The van der Waals surface area contributed by atoms with Crippen LogP contribution in [0.4, 0.5) is 0 Å². The SMILES string of the molecule is CC1CCCCC2CCN(C(C)C)C3(COC3)C2CC1. The van der Waals surface area contributed by atoms with Crippen LogP contribution in [0.5, 0.6) is 0 Å². The summed E-state index contributed by atoms with van der Waals surface area (Å²) in [4.78, 5) is 2.79. The summed E-state index contributed by atoms with van der Waals surface area (Å²) in [5.74, 6) is 2.80. The molecule has 1 saturated carbocycles. The molecule has 0 aromatic carbocycles. The van der Waals surface area contributed by atoms with Crippen molar-refractivity contribution in [1.82, 2.24) is 4.90 Å². The third-order valence-electron chi connectivity index (χ3n) is 6.39. The lowest BCUT2D eigenvalue weighted by Crippen LogP contribution is -2.71. The van der Waals surface area contributed by atoms with Crippen LogP contribution in [0, 0.1) is 17.8 Å². The average Bonchev–Trinajstić information content (AvgIpc) is 2.46.